The lowest BCUT2D eigenvalue weighted by molar-refractivity contribution is 0.251. The first-order valence-corrected chi connectivity index (χ1v) is 9.00. The van der Waals surface area contributed by atoms with Crippen molar-refractivity contribution in [1.29, 1.82) is 0 Å². The Morgan fingerprint density at radius 1 is 0.952 bits per heavy atom. The van der Waals surface area contributed by atoms with Gasteiger partial charge in [0.25, 0.3) is 0 Å². The monoisotopic (exact) mass is 284 g/mol. The predicted octanol–water partition coefficient (Wildman–Crippen LogP) is 6.34. The highest BCUT2D eigenvalue weighted by Crippen LogP contribution is 2.34. The van der Waals surface area contributed by atoms with Crippen LogP contribution < -0.4 is 0 Å². The number of allylic oxidation sites excluding steroid dienone is 1. The highest BCUT2D eigenvalue weighted by molar-refractivity contribution is 5.22. The van der Waals surface area contributed by atoms with E-state index in [9.17, 15) is 0 Å². The molecule has 1 aliphatic rings. The normalized spacial score (nSPS) is 22.1. The highest BCUT2D eigenvalue weighted by Gasteiger charge is 2.20. The average Bonchev–Trinajstić information content (AvgIpc) is 2.55. The molecule has 0 radical (unpaired) electrons. The molecule has 1 aliphatic carbocycles. The molecule has 0 aliphatic heterocycles. The summed E-state index contributed by atoms with van der Waals surface area (Å²) in [5.74, 6) is 1.98. The second kappa shape index (κ2) is 9.07. The Labute approximate surface area is 131 Å². The van der Waals surface area contributed by atoms with Gasteiger partial charge in [-0.1, -0.05) is 69.4 Å². The van der Waals surface area contributed by atoms with Gasteiger partial charge in [0.2, 0.25) is 0 Å². The van der Waals surface area contributed by atoms with Crippen molar-refractivity contribution >= 4 is 0 Å². The molecule has 0 heteroatoms. The number of rotatable bonds is 8. The van der Waals surface area contributed by atoms with Gasteiger partial charge in [0.15, 0.2) is 0 Å². The first-order valence-electron chi connectivity index (χ1n) is 9.00. The van der Waals surface area contributed by atoms with E-state index in [1.165, 1.54) is 68.9 Å². The summed E-state index contributed by atoms with van der Waals surface area (Å²) < 4.78 is 0. The van der Waals surface area contributed by atoms with Crippen molar-refractivity contribution < 1.29 is 0 Å². The SMILES string of the molecule is C=CCCCC1CCC(CCc2ccc(CC)cc2)CC1. The number of hydrogen-bond acceptors (Lipinski definition) is 0. The molecule has 116 valence electrons. The van der Waals surface area contributed by atoms with Crippen LogP contribution in [0.1, 0.15) is 69.4 Å². The van der Waals surface area contributed by atoms with E-state index < -0.39 is 0 Å². The van der Waals surface area contributed by atoms with E-state index in [0.29, 0.717) is 0 Å². The van der Waals surface area contributed by atoms with Crippen LogP contribution in [-0.4, -0.2) is 0 Å². The van der Waals surface area contributed by atoms with Crippen molar-refractivity contribution in [3.8, 4) is 0 Å². The summed E-state index contributed by atoms with van der Waals surface area (Å²) in [6.45, 7) is 6.04. The Kier molecular flexibility index (Phi) is 7.06. The molecule has 1 saturated carbocycles. The van der Waals surface area contributed by atoms with E-state index in [1.807, 2.05) is 0 Å². The van der Waals surface area contributed by atoms with Crippen LogP contribution in [-0.2, 0) is 12.8 Å². The van der Waals surface area contributed by atoms with Crippen molar-refractivity contribution in [3.63, 3.8) is 0 Å². The summed E-state index contributed by atoms with van der Waals surface area (Å²) in [5.41, 5.74) is 2.99. The van der Waals surface area contributed by atoms with Gasteiger partial charge in [-0.15, -0.1) is 6.58 Å². The quantitative estimate of drug-likeness (QED) is 0.386. The van der Waals surface area contributed by atoms with Gasteiger partial charge in [-0.2, -0.15) is 0 Å². The van der Waals surface area contributed by atoms with Crippen LogP contribution in [0.2, 0.25) is 0 Å². The Hall–Kier alpha value is -1.04. The zero-order valence-electron chi connectivity index (χ0n) is 13.8. The molecule has 0 spiro atoms. The second-order valence-electron chi connectivity index (χ2n) is 6.82. The van der Waals surface area contributed by atoms with Gasteiger partial charge in [0.05, 0.1) is 0 Å². The number of unbranched alkanes of at least 4 members (excludes halogenated alkanes) is 1. The summed E-state index contributed by atoms with van der Waals surface area (Å²) in [5, 5.41) is 0. The Bertz CT molecular complexity index is 393. The minimum atomic E-state index is 0.978. The third-order valence-corrected chi connectivity index (χ3v) is 5.26. The van der Waals surface area contributed by atoms with Gasteiger partial charge in [0, 0.05) is 0 Å². The minimum absolute atomic E-state index is 0.978. The molecule has 0 N–H and O–H groups in total. The fourth-order valence-electron chi connectivity index (χ4n) is 3.67. The van der Waals surface area contributed by atoms with Crippen molar-refractivity contribution in [1.82, 2.24) is 0 Å². The van der Waals surface area contributed by atoms with Crippen LogP contribution in [0.3, 0.4) is 0 Å². The van der Waals surface area contributed by atoms with Gasteiger partial charge in [-0.25, -0.2) is 0 Å². The minimum Gasteiger partial charge on any atom is -0.103 e. The number of benzene rings is 1. The fourth-order valence-corrected chi connectivity index (χ4v) is 3.67. The lowest BCUT2D eigenvalue weighted by Crippen LogP contribution is -2.15. The van der Waals surface area contributed by atoms with Gasteiger partial charge < -0.3 is 0 Å². The molecule has 2 rings (SSSR count). The van der Waals surface area contributed by atoms with Crippen molar-refractivity contribution in [3.05, 3.63) is 48.0 Å². The standard InChI is InChI=1S/C21H32/c1-3-5-6-7-19-12-14-21(15-13-19)17-16-20-10-8-18(4-2)9-11-20/h3,8-11,19,21H,1,4-7,12-17H2,2H3. The molecular weight excluding hydrogens is 252 g/mol. The van der Waals surface area contributed by atoms with E-state index in [1.54, 1.807) is 0 Å². The smallest absolute Gasteiger partial charge is 0.0276 e. The van der Waals surface area contributed by atoms with Gasteiger partial charge in [0.1, 0.15) is 0 Å². The van der Waals surface area contributed by atoms with Gasteiger partial charge >= 0.3 is 0 Å². The zero-order valence-corrected chi connectivity index (χ0v) is 13.8. The third-order valence-electron chi connectivity index (χ3n) is 5.26. The molecule has 0 amide bonds. The van der Waals surface area contributed by atoms with E-state index in [2.05, 4.69) is 43.8 Å². The number of aryl methyl sites for hydroxylation is 2. The molecule has 0 bridgehead atoms. The van der Waals surface area contributed by atoms with Crippen LogP contribution in [0.5, 0.6) is 0 Å². The largest absolute Gasteiger partial charge is 0.103 e. The predicted molar refractivity (Wildman–Crippen MR) is 93.6 cm³/mol. The van der Waals surface area contributed by atoms with E-state index in [0.717, 1.165) is 18.3 Å². The molecule has 0 saturated heterocycles. The van der Waals surface area contributed by atoms with Crippen molar-refractivity contribution in [2.45, 2.75) is 71.1 Å². The zero-order chi connectivity index (χ0) is 14.9. The molecule has 0 atom stereocenters. The van der Waals surface area contributed by atoms with E-state index in [-0.39, 0.29) is 0 Å². The Morgan fingerprint density at radius 2 is 1.52 bits per heavy atom. The van der Waals surface area contributed by atoms with Crippen LogP contribution in [0.15, 0.2) is 36.9 Å². The van der Waals surface area contributed by atoms with Crippen molar-refractivity contribution in [2.75, 3.05) is 0 Å². The second-order valence-corrected chi connectivity index (χ2v) is 6.82. The maximum atomic E-state index is 3.82. The van der Waals surface area contributed by atoms with Gasteiger partial charge in [-0.05, 0) is 55.1 Å². The molecule has 1 aromatic rings. The van der Waals surface area contributed by atoms with Crippen LogP contribution in [0.25, 0.3) is 0 Å². The fraction of sp³-hybridized carbons (Fsp3) is 0.619. The molecule has 1 aromatic carbocycles. The first kappa shape index (κ1) is 16.3. The lowest BCUT2D eigenvalue weighted by Gasteiger charge is -2.28. The average molecular weight is 284 g/mol. The number of hydrogen-bond donors (Lipinski definition) is 0. The maximum absolute atomic E-state index is 3.82. The van der Waals surface area contributed by atoms with E-state index in [4.69, 9.17) is 0 Å². The Morgan fingerprint density at radius 3 is 2.10 bits per heavy atom. The molecule has 1 fully saturated rings. The molecule has 0 nitrogen and oxygen atoms in total. The van der Waals surface area contributed by atoms with Gasteiger partial charge in [-0.3, -0.25) is 0 Å². The Balaban J connectivity index is 1.65. The van der Waals surface area contributed by atoms with Crippen LogP contribution in [0.4, 0.5) is 0 Å². The third kappa shape index (κ3) is 5.69. The summed E-state index contributed by atoms with van der Waals surface area (Å²) >= 11 is 0. The summed E-state index contributed by atoms with van der Waals surface area (Å²) in [6, 6.07) is 9.26. The summed E-state index contributed by atoms with van der Waals surface area (Å²) in [6.07, 6.45) is 15.7. The topological polar surface area (TPSA) is 0 Å². The lowest BCUT2D eigenvalue weighted by atomic mass is 9.78. The molecule has 0 aromatic heterocycles. The summed E-state index contributed by atoms with van der Waals surface area (Å²) in [7, 11) is 0. The molecule has 0 unspecified atom stereocenters. The first-order chi connectivity index (χ1) is 10.3. The highest BCUT2D eigenvalue weighted by atomic mass is 14.3. The molecule has 21 heavy (non-hydrogen) atoms. The van der Waals surface area contributed by atoms with Crippen LogP contribution in [0, 0.1) is 11.8 Å². The molecular formula is C21H32. The van der Waals surface area contributed by atoms with E-state index >= 15 is 0 Å². The summed E-state index contributed by atoms with van der Waals surface area (Å²) in [4.78, 5) is 0. The van der Waals surface area contributed by atoms with Crippen molar-refractivity contribution in [2.24, 2.45) is 11.8 Å². The van der Waals surface area contributed by atoms with Crippen LogP contribution >= 0.6 is 0 Å². The molecule has 0 heterocycles. The maximum Gasteiger partial charge on any atom is -0.0276 e.